The Morgan fingerprint density at radius 1 is 1.39 bits per heavy atom. The molecule has 4 heteroatoms. The molecule has 0 fully saturated rings. The van der Waals surface area contributed by atoms with Crippen LogP contribution in [0.4, 0.5) is 0 Å². The van der Waals surface area contributed by atoms with Crippen LogP contribution in [0.25, 0.3) is 0 Å². The second kappa shape index (κ2) is 7.01. The van der Waals surface area contributed by atoms with Crippen molar-refractivity contribution in [1.82, 2.24) is 4.90 Å². The fraction of sp³-hybridized carbons (Fsp3) is 0.500. The van der Waals surface area contributed by atoms with Crippen LogP contribution >= 0.6 is 0 Å². The molecule has 1 rings (SSSR count). The van der Waals surface area contributed by atoms with Crippen LogP contribution in [-0.2, 0) is 6.54 Å². The van der Waals surface area contributed by atoms with E-state index in [1.54, 1.807) is 0 Å². The lowest BCUT2D eigenvalue weighted by molar-refractivity contribution is 0.280. The van der Waals surface area contributed by atoms with Crippen molar-refractivity contribution in [3.8, 4) is 0 Å². The van der Waals surface area contributed by atoms with E-state index in [0.717, 1.165) is 31.6 Å². The highest BCUT2D eigenvalue weighted by molar-refractivity contribution is 5.97. The molecule has 0 aliphatic rings. The van der Waals surface area contributed by atoms with Crippen LogP contribution in [0.5, 0.6) is 0 Å². The number of nitrogens with zero attached hydrogens (tertiary/aromatic N) is 2. The predicted octanol–water partition coefficient (Wildman–Crippen LogP) is 2.32. The summed E-state index contributed by atoms with van der Waals surface area (Å²) in [5.41, 5.74) is 8.81. The minimum atomic E-state index is 0.158. The van der Waals surface area contributed by atoms with Gasteiger partial charge in [-0.05, 0) is 43.6 Å². The maximum atomic E-state index is 8.66. The molecule has 0 radical (unpaired) electrons. The van der Waals surface area contributed by atoms with Crippen LogP contribution in [0.3, 0.4) is 0 Å². The Morgan fingerprint density at radius 2 is 2.11 bits per heavy atom. The summed E-state index contributed by atoms with van der Waals surface area (Å²) >= 11 is 0. The van der Waals surface area contributed by atoms with Crippen molar-refractivity contribution in [2.45, 2.75) is 33.7 Å². The van der Waals surface area contributed by atoms with Crippen LogP contribution in [0.1, 0.15) is 37.0 Å². The number of amidine groups is 1. The van der Waals surface area contributed by atoms with Crippen molar-refractivity contribution in [3.05, 3.63) is 34.9 Å². The first-order valence-corrected chi connectivity index (χ1v) is 6.42. The summed E-state index contributed by atoms with van der Waals surface area (Å²) in [6, 6.07) is 5.92. The minimum Gasteiger partial charge on any atom is -0.409 e. The number of rotatable bonds is 6. The summed E-state index contributed by atoms with van der Waals surface area (Å²) in [4.78, 5) is 2.41. The van der Waals surface area contributed by atoms with Gasteiger partial charge in [0.15, 0.2) is 5.84 Å². The van der Waals surface area contributed by atoms with E-state index in [-0.39, 0.29) is 5.84 Å². The van der Waals surface area contributed by atoms with E-state index in [1.807, 2.05) is 12.1 Å². The molecule has 0 aliphatic heterocycles. The number of benzene rings is 1. The largest absolute Gasteiger partial charge is 0.409 e. The van der Waals surface area contributed by atoms with Gasteiger partial charge < -0.3 is 10.9 Å². The van der Waals surface area contributed by atoms with Gasteiger partial charge in [-0.25, -0.2) is 0 Å². The van der Waals surface area contributed by atoms with Crippen LogP contribution < -0.4 is 5.73 Å². The van der Waals surface area contributed by atoms with Crippen LogP contribution in [0.15, 0.2) is 23.4 Å². The van der Waals surface area contributed by atoms with E-state index < -0.39 is 0 Å². The highest BCUT2D eigenvalue weighted by Crippen LogP contribution is 2.13. The smallest absolute Gasteiger partial charge is 0.170 e. The average molecular weight is 249 g/mol. The summed E-state index contributed by atoms with van der Waals surface area (Å²) in [6.07, 6.45) is 1.16. The average Bonchev–Trinajstić information content (AvgIpc) is 2.39. The van der Waals surface area contributed by atoms with Crippen molar-refractivity contribution in [3.63, 3.8) is 0 Å². The van der Waals surface area contributed by atoms with E-state index >= 15 is 0 Å². The molecule has 0 aromatic heterocycles. The quantitative estimate of drug-likeness (QED) is 0.352. The molecule has 0 amide bonds. The maximum Gasteiger partial charge on any atom is 0.170 e. The van der Waals surface area contributed by atoms with Gasteiger partial charge in [0.1, 0.15) is 0 Å². The first-order chi connectivity index (χ1) is 8.62. The molecule has 0 spiro atoms. The molecule has 0 unspecified atom stereocenters. The van der Waals surface area contributed by atoms with Gasteiger partial charge in [-0.15, -0.1) is 0 Å². The second-order valence-corrected chi connectivity index (χ2v) is 4.50. The third kappa shape index (κ3) is 3.74. The highest BCUT2D eigenvalue weighted by Gasteiger charge is 2.07. The SMILES string of the molecule is CCCN(CC)Cc1ccc(/C(N)=N/O)cc1C. The first kappa shape index (κ1) is 14.5. The molecule has 0 aliphatic carbocycles. The predicted molar refractivity (Wildman–Crippen MR) is 74.9 cm³/mol. The van der Waals surface area contributed by atoms with E-state index in [2.05, 4.69) is 36.9 Å². The molecule has 0 saturated heterocycles. The Morgan fingerprint density at radius 3 is 2.61 bits per heavy atom. The van der Waals surface area contributed by atoms with Gasteiger partial charge >= 0.3 is 0 Å². The van der Waals surface area contributed by atoms with E-state index in [9.17, 15) is 0 Å². The number of hydrogen-bond donors (Lipinski definition) is 2. The van der Waals surface area contributed by atoms with Crippen molar-refractivity contribution >= 4 is 5.84 Å². The number of aryl methyl sites for hydroxylation is 1. The van der Waals surface area contributed by atoms with Crippen molar-refractivity contribution in [1.29, 1.82) is 0 Å². The molecule has 1 aromatic rings. The Balaban J connectivity index is 2.85. The van der Waals surface area contributed by atoms with Gasteiger partial charge in [0.2, 0.25) is 0 Å². The zero-order chi connectivity index (χ0) is 13.5. The fourth-order valence-corrected chi connectivity index (χ4v) is 2.00. The van der Waals surface area contributed by atoms with Crippen molar-refractivity contribution in [2.75, 3.05) is 13.1 Å². The molecule has 3 N–H and O–H groups in total. The molecule has 0 saturated carbocycles. The minimum absolute atomic E-state index is 0.158. The monoisotopic (exact) mass is 249 g/mol. The molecule has 100 valence electrons. The summed E-state index contributed by atoms with van der Waals surface area (Å²) < 4.78 is 0. The summed E-state index contributed by atoms with van der Waals surface area (Å²) in [7, 11) is 0. The summed E-state index contributed by atoms with van der Waals surface area (Å²) in [5.74, 6) is 0.158. The molecular weight excluding hydrogens is 226 g/mol. The zero-order valence-electron chi connectivity index (χ0n) is 11.5. The Hall–Kier alpha value is -1.55. The molecule has 18 heavy (non-hydrogen) atoms. The highest BCUT2D eigenvalue weighted by atomic mass is 16.4. The van der Waals surface area contributed by atoms with Gasteiger partial charge in [0.05, 0.1) is 0 Å². The molecule has 1 aromatic carbocycles. The van der Waals surface area contributed by atoms with Crippen LogP contribution in [0.2, 0.25) is 0 Å². The van der Waals surface area contributed by atoms with E-state index in [1.165, 1.54) is 11.1 Å². The number of nitrogens with two attached hydrogens (primary N) is 1. The molecule has 4 nitrogen and oxygen atoms in total. The third-order valence-electron chi connectivity index (χ3n) is 3.13. The van der Waals surface area contributed by atoms with Gasteiger partial charge in [-0.3, -0.25) is 4.90 Å². The van der Waals surface area contributed by atoms with Gasteiger partial charge in [-0.2, -0.15) is 0 Å². The summed E-state index contributed by atoms with van der Waals surface area (Å²) in [6.45, 7) is 9.54. The first-order valence-electron chi connectivity index (χ1n) is 6.42. The standard InChI is InChI=1S/C14H23N3O/c1-4-8-17(5-2)10-13-7-6-12(9-11(13)3)14(15)16-18/h6-7,9,18H,4-5,8,10H2,1-3H3,(H2,15,16). The zero-order valence-corrected chi connectivity index (χ0v) is 11.5. The lowest BCUT2D eigenvalue weighted by Gasteiger charge is -2.21. The van der Waals surface area contributed by atoms with E-state index in [4.69, 9.17) is 10.9 Å². The molecular formula is C14H23N3O. The Labute approximate surface area is 109 Å². The summed E-state index contributed by atoms with van der Waals surface area (Å²) in [5, 5.41) is 11.7. The normalized spacial score (nSPS) is 12.1. The number of hydrogen-bond acceptors (Lipinski definition) is 3. The molecule has 0 bridgehead atoms. The topological polar surface area (TPSA) is 61.8 Å². The van der Waals surface area contributed by atoms with Crippen LogP contribution in [0, 0.1) is 6.92 Å². The van der Waals surface area contributed by atoms with Gasteiger partial charge in [0.25, 0.3) is 0 Å². The van der Waals surface area contributed by atoms with Gasteiger partial charge in [-0.1, -0.05) is 31.1 Å². The van der Waals surface area contributed by atoms with Crippen molar-refractivity contribution < 1.29 is 5.21 Å². The molecule has 0 atom stereocenters. The lowest BCUT2D eigenvalue weighted by atomic mass is 10.0. The maximum absolute atomic E-state index is 8.66. The Bertz CT molecular complexity index is 416. The third-order valence-corrected chi connectivity index (χ3v) is 3.13. The van der Waals surface area contributed by atoms with Crippen LogP contribution in [-0.4, -0.2) is 29.0 Å². The lowest BCUT2D eigenvalue weighted by Crippen LogP contribution is -2.24. The van der Waals surface area contributed by atoms with Crippen molar-refractivity contribution in [2.24, 2.45) is 10.9 Å². The van der Waals surface area contributed by atoms with E-state index in [0.29, 0.717) is 0 Å². The molecule has 0 heterocycles. The Kier molecular flexibility index (Phi) is 5.65. The fourth-order valence-electron chi connectivity index (χ4n) is 2.00. The van der Waals surface area contributed by atoms with Gasteiger partial charge in [0, 0.05) is 12.1 Å². The number of oxime groups is 1. The second-order valence-electron chi connectivity index (χ2n) is 4.50.